The molecule has 108 valence electrons. The van der Waals surface area contributed by atoms with E-state index in [0.717, 1.165) is 6.07 Å². The Labute approximate surface area is 132 Å². The molecular formula is C12H8BrClN4O3. The third-order valence-electron chi connectivity index (χ3n) is 2.45. The van der Waals surface area contributed by atoms with Crippen molar-refractivity contribution in [1.29, 1.82) is 0 Å². The van der Waals surface area contributed by atoms with E-state index in [4.69, 9.17) is 11.6 Å². The summed E-state index contributed by atoms with van der Waals surface area (Å²) < 4.78 is 0.291. The molecule has 0 saturated carbocycles. The Hall–Kier alpha value is -2.06. The van der Waals surface area contributed by atoms with E-state index in [2.05, 4.69) is 31.2 Å². The van der Waals surface area contributed by atoms with Gasteiger partial charge in [-0.15, -0.1) is 0 Å². The summed E-state index contributed by atoms with van der Waals surface area (Å²) in [6.07, 6.45) is 0. The van der Waals surface area contributed by atoms with Crippen molar-refractivity contribution in [3.63, 3.8) is 0 Å². The molecule has 0 saturated heterocycles. The minimum atomic E-state index is -0.582. The van der Waals surface area contributed by atoms with Gasteiger partial charge in [0.1, 0.15) is 5.15 Å². The predicted octanol–water partition coefficient (Wildman–Crippen LogP) is 3.36. The van der Waals surface area contributed by atoms with E-state index in [1.807, 2.05) is 0 Å². The Morgan fingerprint density at radius 1 is 1.38 bits per heavy atom. The molecule has 0 fully saturated rings. The van der Waals surface area contributed by atoms with Gasteiger partial charge in [-0.25, -0.2) is 9.97 Å². The number of hydrogen-bond donors (Lipinski definition) is 1. The number of carbonyl (C=O) groups excluding carboxylic acids is 1. The number of anilines is 1. The minimum absolute atomic E-state index is 0.0376. The molecule has 0 aliphatic carbocycles. The zero-order chi connectivity index (χ0) is 15.6. The number of halogens is 2. The van der Waals surface area contributed by atoms with Crippen LogP contribution in [0.3, 0.4) is 0 Å². The van der Waals surface area contributed by atoms with Gasteiger partial charge in [0.2, 0.25) is 5.95 Å². The number of benzene rings is 1. The SMILES string of the molecule is Cc1cc(Cl)nc(NC(=O)c2ccc(Br)c([N+](=O)[O-])c2)n1. The average Bonchev–Trinajstić information content (AvgIpc) is 2.37. The van der Waals surface area contributed by atoms with Gasteiger partial charge in [0.15, 0.2) is 0 Å². The molecule has 7 nitrogen and oxygen atoms in total. The van der Waals surface area contributed by atoms with Crippen LogP contribution in [0.2, 0.25) is 5.15 Å². The molecule has 1 amide bonds. The second kappa shape index (κ2) is 6.15. The van der Waals surface area contributed by atoms with Gasteiger partial charge in [0.25, 0.3) is 11.6 Å². The number of carbonyl (C=O) groups is 1. The largest absolute Gasteiger partial charge is 0.290 e. The number of nitro benzene ring substituents is 1. The maximum Gasteiger partial charge on any atom is 0.284 e. The van der Waals surface area contributed by atoms with Crippen LogP contribution in [0.25, 0.3) is 0 Å². The molecule has 21 heavy (non-hydrogen) atoms. The Morgan fingerprint density at radius 2 is 2.10 bits per heavy atom. The van der Waals surface area contributed by atoms with Gasteiger partial charge in [-0.3, -0.25) is 20.2 Å². The molecule has 1 aromatic heterocycles. The van der Waals surface area contributed by atoms with Gasteiger partial charge >= 0.3 is 0 Å². The van der Waals surface area contributed by atoms with Gasteiger partial charge in [0.05, 0.1) is 9.40 Å². The fourth-order valence-electron chi connectivity index (χ4n) is 1.55. The first-order valence-corrected chi connectivity index (χ1v) is 6.80. The number of aryl methyl sites for hydroxylation is 1. The van der Waals surface area contributed by atoms with Gasteiger partial charge in [-0.1, -0.05) is 11.6 Å². The van der Waals surface area contributed by atoms with E-state index in [1.165, 1.54) is 12.1 Å². The van der Waals surface area contributed by atoms with E-state index in [9.17, 15) is 14.9 Å². The van der Waals surface area contributed by atoms with E-state index >= 15 is 0 Å². The molecule has 1 aromatic carbocycles. The van der Waals surface area contributed by atoms with Crippen molar-refractivity contribution in [3.05, 3.63) is 55.3 Å². The van der Waals surface area contributed by atoms with Crippen molar-refractivity contribution >= 4 is 45.1 Å². The molecule has 1 N–H and O–H groups in total. The first kappa shape index (κ1) is 15.3. The summed E-state index contributed by atoms with van der Waals surface area (Å²) in [6.45, 7) is 1.70. The number of nitro groups is 1. The number of nitrogens with zero attached hydrogens (tertiary/aromatic N) is 3. The molecule has 0 aliphatic heterocycles. The zero-order valence-electron chi connectivity index (χ0n) is 10.6. The third kappa shape index (κ3) is 3.73. The van der Waals surface area contributed by atoms with Crippen LogP contribution < -0.4 is 5.32 Å². The predicted molar refractivity (Wildman–Crippen MR) is 80.5 cm³/mol. The molecular weight excluding hydrogens is 364 g/mol. The molecule has 2 rings (SSSR count). The normalized spacial score (nSPS) is 10.2. The second-order valence-electron chi connectivity index (χ2n) is 4.03. The van der Waals surface area contributed by atoms with Crippen LogP contribution >= 0.6 is 27.5 Å². The highest BCUT2D eigenvalue weighted by atomic mass is 79.9. The molecule has 0 spiro atoms. The highest BCUT2D eigenvalue weighted by Gasteiger charge is 2.16. The number of rotatable bonds is 3. The molecule has 1 heterocycles. The maximum atomic E-state index is 12.1. The smallest absolute Gasteiger partial charge is 0.284 e. The lowest BCUT2D eigenvalue weighted by Gasteiger charge is -2.05. The lowest BCUT2D eigenvalue weighted by Crippen LogP contribution is -2.14. The van der Waals surface area contributed by atoms with E-state index in [-0.39, 0.29) is 22.4 Å². The minimum Gasteiger partial charge on any atom is -0.290 e. The van der Waals surface area contributed by atoms with Crippen molar-refractivity contribution in [2.45, 2.75) is 6.92 Å². The van der Waals surface area contributed by atoms with Crippen LogP contribution in [-0.2, 0) is 0 Å². The van der Waals surface area contributed by atoms with E-state index in [1.54, 1.807) is 13.0 Å². The topological polar surface area (TPSA) is 98.0 Å². The Morgan fingerprint density at radius 3 is 2.71 bits per heavy atom. The summed E-state index contributed by atoms with van der Waals surface area (Å²) in [6, 6.07) is 5.58. The summed E-state index contributed by atoms with van der Waals surface area (Å²) in [4.78, 5) is 30.2. The van der Waals surface area contributed by atoms with Crippen LogP contribution in [0.15, 0.2) is 28.7 Å². The van der Waals surface area contributed by atoms with Gasteiger partial charge in [0, 0.05) is 17.3 Å². The van der Waals surface area contributed by atoms with E-state index < -0.39 is 10.8 Å². The summed E-state index contributed by atoms with van der Waals surface area (Å²) in [5.41, 5.74) is 0.504. The van der Waals surface area contributed by atoms with Crippen LogP contribution in [-0.4, -0.2) is 20.8 Å². The summed E-state index contributed by atoms with van der Waals surface area (Å²) in [5, 5.41) is 13.5. The molecule has 0 aliphatic rings. The Bertz CT molecular complexity index is 718. The van der Waals surface area contributed by atoms with Crippen LogP contribution in [0.1, 0.15) is 16.1 Å². The summed E-state index contributed by atoms with van der Waals surface area (Å²) >= 11 is 8.82. The molecule has 2 aromatic rings. The number of hydrogen-bond acceptors (Lipinski definition) is 5. The Balaban J connectivity index is 2.28. The first-order chi connectivity index (χ1) is 9.86. The summed E-state index contributed by atoms with van der Waals surface area (Å²) in [5.74, 6) is -0.525. The fraction of sp³-hybridized carbons (Fsp3) is 0.0833. The second-order valence-corrected chi connectivity index (χ2v) is 5.27. The Kier molecular flexibility index (Phi) is 4.49. The molecule has 0 unspecified atom stereocenters. The summed E-state index contributed by atoms with van der Waals surface area (Å²) in [7, 11) is 0. The van der Waals surface area contributed by atoms with Crippen molar-refractivity contribution in [2.24, 2.45) is 0 Å². The first-order valence-electron chi connectivity index (χ1n) is 5.63. The quantitative estimate of drug-likeness (QED) is 0.507. The molecule has 0 atom stereocenters. The lowest BCUT2D eigenvalue weighted by atomic mass is 10.2. The maximum absolute atomic E-state index is 12.1. The average molecular weight is 372 g/mol. The van der Waals surface area contributed by atoms with Crippen molar-refractivity contribution in [3.8, 4) is 0 Å². The lowest BCUT2D eigenvalue weighted by molar-refractivity contribution is -0.385. The highest BCUT2D eigenvalue weighted by Crippen LogP contribution is 2.25. The number of amides is 1. The van der Waals surface area contributed by atoms with Gasteiger partial charge in [-0.2, -0.15) is 0 Å². The third-order valence-corrected chi connectivity index (χ3v) is 3.32. The monoisotopic (exact) mass is 370 g/mol. The fourth-order valence-corrected chi connectivity index (χ4v) is 2.18. The van der Waals surface area contributed by atoms with E-state index in [0.29, 0.717) is 10.2 Å². The standard InChI is InChI=1S/C12H8BrClN4O3/c1-6-4-10(14)16-12(15-6)17-11(19)7-2-3-8(13)9(5-7)18(20)21/h2-5H,1H3,(H,15,16,17,19). The number of nitrogens with one attached hydrogen (secondary N) is 1. The molecule has 9 heteroatoms. The molecule has 0 bridgehead atoms. The zero-order valence-corrected chi connectivity index (χ0v) is 13.0. The van der Waals surface area contributed by atoms with Gasteiger partial charge < -0.3 is 0 Å². The van der Waals surface area contributed by atoms with Crippen LogP contribution in [0.4, 0.5) is 11.6 Å². The highest BCUT2D eigenvalue weighted by molar-refractivity contribution is 9.10. The molecule has 0 radical (unpaired) electrons. The van der Waals surface area contributed by atoms with Crippen molar-refractivity contribution in [1.82, 2.24) is 9.97 Å². The van der Waals surface area contributed by atoms with Crippen LogP contribution in [0, 0.1) is 17.0 Å². The van der Waals surface area contributed by atoms with Gasteiger partial charge in [-0.05, 0) is 41.1 Å². The van der Waals surface area contributed by atoms with Crippen molar-refractivity contribution < 1.29 is 9.72 Å². The number of aromatic nitrogens is 2. The van der Waals surface area contributed by atoms with Crippen LogP contribution in [0.5, 0.6) is 0 Å². The van der Waals surface area contributed by atoms with Crippen molar-refractivity contribution in [2.75, 3.05) is 5.32 Å².